The quantitative estimate of drug-likeness (QED) is 0.295. The van der Waals surface area contributed by atoms with Crippen LogP contribution in [0.15, 0.2) is 36.4 Å². The lowest BCUT2D eigenvalue weighted by Gasteiger charge is -2.45. The first-order chi connectivity index (χ1) is 24.5. The van der Waals surface area contributed by atoms with Gasteiger partial charge in [-0.25, -0.2) is 0 Å². The Morgan fingerprint density at radius 1 is 0.472 bits per heavy atom. The van der Waals surface area contributed by atoms with Gasteiger partial charge in [0, 0.05) is 14.2 Å². The van der Waals surface area contributed by atoms with E-state index in [4.69, 9.17) is 9.47 Å². The summed E-state index contributed by atoms with van der Waals surface area (Å²) in [6.45, 7) is 33.9. The minimum absolute atomic E-state index is 0.137. The molecule has 0 amide bonds. The molecule has 296 valence electrons. The van der Waals surface area contributed by atoms with Gasteiger partial charge < -0.3 is 9.47 Å². The van der Waals surface area contributed by atoms with E-state index in [2.05, 4.69) is 133 Å². The topological polar surface area (TPSA) is 18.5 Å². The highest BCUT2D eigenvalue weighted by atomic mass is 16.5. The Labute approximate surface area is 327 Å². The maximum absolute atomic E-state index is 6.49. The van der Waals surface area contributed by atoms with Crippen molar-refractivity contribution in [2.75, 3.05) is 14.2 Å². The predicted molar refractivity (Wildman–Crippen MR) is 226 cm³/mol. The lowest BCUT2D eigenvalue weighted by atomic mass is 9.63. The molecule has 12 atom stereocenters. The Morgan fingerprint density at radius 2 is 0.774 bits per heavy atom. The highest BCUT2D eigenvalue weighted by Crippen LogP contribution is 2.62. The molecule has 4 aliphatic rings. The number of rotatable bonds is 6. The number of hydrogen-bond donors (Lipinski definition) is 0. The second kappa shape index (κ2) is 14.7. The monoisotopic (exact) mass is 725 g/mol. The molecule has 2 heteroatoms. The summed E-state index contributed by atoms with van der Waals surface area (Å²) in [7, 11) is 4.02. The molecule has 4 saturated carbocycles. The first-order valence-corrected chi connectivity index (χ1v) is 21.9. The summed E-state index contributed by atoms with van der Waals surface area (Å²) in [5.74, 6) is 6.76. The molecule has 2 aromatic rings. The normalized spacial score (nSPS) is 35.3. The summed E-state index contributed by atoms with van der Waals surface area (Å²) < 4.78 is 13.0. The van der Waals surface area contributed by atoms with Gasteiger partial charge in [-0.2, -0.15) is 0 Å². The summed E-state index contributed by atoms with van der Waals surface area (Å²) >= 11 is 0. The van der Waals surface area contributed by atoms with Gasteiger partial charge in [-0.15, -0.1) is 0 Å². The third kappa shape index (κ3) is 8.13. The van der Waals surface area contributed by atoms with E-state index in [1.54, 1.807) is 11.1 Å². The molecule has 0 saturated heterocycles. The van der Waals surface area contributed by atoms with Crippen LogP contribution >= 0.6 is 0 Å². The lowest BCUT2D eigenvalue weighted by Crippen LogP contribution is -2.42. The van der Waals surface area contributed by atoms with Gasteiger partial charge in [0.05, 0.1) is 12.2 Å². The largest absolute Gasteiger partial charge is 0.381 e. The Bertz CT molecular complexity index is 1390. The third-order valence-corrected chi connectivity index (χ3v) is 15.5. The van der Waals surface area contributed by atoms with Gasteiger partial charge in [-0.3, -0.25) is 0 Å². The van der Waals surface area contributed by atoms with Gasteiger partial charge in [0.25, 0.3) is 0 Å². The van der Waals surface area contributed by atoms with Crippen LogP contribution in [0.4, 0.5) is 0 Å². The minimum Gasteiger partial charge on any atom is -0.381 e. The number of benzene rings is 2. The zero-order valence-corrected chi connectivity index (χ0v) is 37.2. The maximum Gasteiger partial charge on any atom is 0.0605 e. The molecule has 53 heavy (non-hydrogen) atoms. The van der Waals surface area contributed by atoms with E-state index in [0.717, 1.165) is 11.8 Å². The van der Waals surface area contributed by atoms with Crippen LogP contribution < -0.4 is 0 Å². The van der Waals surface area contributed by atoms with E-state index in [9.17, 15) is 0 Å². The Morgan fingerprint density at radius 3 is 1.04 bits per heavy atom. The van der Waals surface area contributed by atoms with E-state index >= 15 is 0 Å². The standard InChI is InChI=1S/C51H80O2/c1-30-21-42-38(32-23-34(48(3,4)5)27-35(24-32)49(6,7)8)17-19-44(52-15)46(42)40(30)29-41-31(2)22-43-39(18-20-45(53-16)47(41)43)33-25-36(50(9,10)11)28-37(26-33)51(12,13)14/h23-28,30-31,38-47H,17-22,29H2,1-16H3. The third-order valence-electron chi connectivity index (χ3n) is 15.5. The minimum atomic E-state index is 0.137. The summed E-state index contributed by atoms with van der Waals surface area (Å²) in [6, 6.07) is 15.4. The molecule has 4 aliphatic carbocycles. The van der Waals surface area contributed by atoms with Gasteiger partial charge in [0.1, 0.15) is 0 Å². The first kappa shape index (κ1) is 41.0. The van der Waals surface area contributed by atoms with Crippen molar-refractivity contribution < 1.29 is 9.47 Å². The highest BCUT2D eigenvalue weighted by Gasteiger charge is 2.56. The van der Waals surface area contributed by atoms with Crippen LogP contribution in [0.5, 0.6) is 0 Å². The molecule has 0 spiro atoms. The highest BCUT2D eigenvalue weighted by molar-refractivity contribution is 5.41. The van der Waals surface area contributed by atoms with Crippen molar-refractivity contribution in [1.29, 1.82) is 0 Å². The van der Waals surface area contributed by atoms with Crippen LogP contribution in [0, 0.1) is 47.3 Å². The molecule has 12 unspecified atom stereocenters. The van der Waals surface area contributed by atoms with Crippen molar-refractivity contribution in [3.05, 3.63) is 69.8 Å². The fourth-order valence-corrected chi connectivity index (χ4v) is 12.3. The molecular formula is C51H80O2. The van der Waals surface area contributed by atoms with Crippen molar-refractivity contribution >= 4 is 0 Å². The predicted octanol–water partition coefficient (Wildman–Crippen LogP) is 13.5. The molecule has 4 fully saturated rings. The zero-order valence-electron chi connectivity index (χ0n) is 37.2. The second-order valence-corrected chi connectivity index (χ2v) is 23.1. The molecule has 0 radical (unpaired) electrons. The molecule has 0 heterocycles. The molecular weight excluding hydrogens is 645 g/mol. The van der Waals surface area contributed by atoms with Crippen molar-refractivity contribution in [3.63, 3.8) is 0 Å². The molecule has 0 N–H and O–H groups in total. The summed E-state index contributed by atoms with van der Waals surface area (Å²) in [5.41, 5.74) is 9.76. The average molecular weight is 725 g/mol. The molecule has 0 aliphatic heterocycles. The SMILES string of the molecule is COC1CCC(c2cc(C(C)(C)C)cc(C(C)(C)C)c2)C2CC(C)C(CC3C(C)CC4C(c5cc(C(C)(C)C)cc(C(C)(C)C)c5)CCC(OC)C34)C12. The van der Waals surface area contributed by atoms with Gasteiger partial charge in [0.15, 0.2) is 0 Å². The van der Waals surface area contributed by atoms with E-state index in [-0.39, 0.29) is 21.7 Å². The molecule has 2 nitrogen and oxygen atoms in total. The molecule has 0 aromatic heterocycles. The maximum atomic E-state index is 6.49. The smallest absolute Gasteiger partial charge is 0.0605 e. The summed E-state index contributed by atoms with van der Waals surface area (Å²) in [4.78, 5) is 0. The average Bonchev–Trinajstić information content (AvgIpc) is 3.57. The summed E-state index contributed by atoms with van der Waals surface area (Å²) in [5, 5.41) is 0. The Kier molecular flexibility index (Phi) is 11.4. The lowest BCUT2D eigenvalue weighted by molar-refractivity contribution is -0.0431. The molecule has 0 bridgehead atoms. The number of fused-ring (bicyclic) bond motifs is 2. The first-order valence-electron chi connectivity index (χ1n) is 21.9. The van der Waals surface area contributed by atoms with Crippen molar-refractivity contribution in [3.8, 4) is 0 Å². The van der Waals surface area contributed by atoms with E-state index in [1.165, 1.54) is 67.2 Å². The van der Waals surface area contributed by atoms with Gasteiger partial charge in [-0.05, 0) is 159 Å². The van der Waals surface area contributed by atoms with Crippen LogP contribution in [0.25, 0.3) is 0 Å². The van der Waals surface area contributed by atoms with Crippen LogP contribution in [-0.4, -0.2) is 26.4 Å². The second-order valence-electron chi connectivity index (χ2n) is 23.1. The molecule has 6 rings (SSSR count). The Balaban J connectivity index is 1.33. The fraction of sp³-hybridized carbons (Fsp3) is 0.765. The van der Waals surface area contributed by atoms with Crippen molar-refractivity contribution in [2.45, 2.75) is 188 Å². The van der Waals surface area contributed by atoms with Crippen LogP contribution in [0.2, 0.25) is 0 Å². The number of methoxy groups -OCH3 is 2. The fourth-order valence-electron chi connectivity index (χ4n) is 12.3. The molecule has 2 aromatic carbocycles. The van der Waals surface area contributed by atoms with Crippen molar-refractivity contribution in [1.82, 2.24) is 0 Å². The van der Waals surface area contributed by atoms with Crippen LogP contribution in [0.1, 0.15) is 187 Å². The van der Waals surface area contributed by atoms with Gasteiger partial charge in [-0.1, -0.05) is 133 Å². The number of hydrogen-bond acceptors (Lipinski definition) is 2. The summed E-state index contributed by atoms with van der Waals surface area (Å²) in [6.07, 6.45) is 9.64. The van der Waals surface area contributed by atoms with E-state index < -0.39 is 0 Å². The Hall–Kier alpha value is -1.64. The van der Waals surface area contributed by atoms with Gasteiger partial charge >= 0.3 is 0 Å². The number of ether oxygens (including phenoxy) is 2. The van der Waals surface area contributed by atoms with Crippen LogP contribution in [-0.2, 0) is 31.1 Å². The zero-order chi connectivity index (χ0) is 39.0. The van der Waals surface area contributed by atoms with Gasteiger partial charge in [0.2, 0.25) is 0 Å². The van der Waals surface area contributed by atoms with Crippen molar-refractivity contribution in [2.24, 2.45) is 47.3 Å². The van der Waals surface area contributed by atoms with E-state index in [0.29, 0.717) is 59.6 Å². The van der Waals surface area contributed by atoms with E-state index in [1.807, 2.05) is 14.2 Å². The van der Waals surface area contributed by atoms with Crippen LogP contribution in [0.3, 0.4) is 0 Å².